The van der Waals surface area contributed by atoms with E-state index < -0.39 is 11.9 Å². The van der Waals surface area contributed by atoms with Crippen LogP contribution < -0.4 is 5.32 Å². The Morgan fingerprint density at radius 2 is 1.72 bits per heavy atom. The van der Waals surface area contributed by atoms with Crippen LogP contribution in [-0.4, -0.2) is 51.8 Å². The number of carbonyl (C=O) groups is 3. The van der Waals surface area contributed by atoms with Gasteiger partial charge in [-0.3, -0.25) is 4.79 Å². The fraction of sp³-hybridized carbons (Fsp3) is 0.545. The molecule has 7 nitrogen and oxygen atoms in total. The fourth-order valence-corrected chi connectivity index (χ4v) is 0.877. The van der Waals surface area contributed by atoms with Crippen LogP contribution in [0.15, 0.2) is 12.2 Å². The minimum atomic E-state index is -0.704. The molecule has 1 amide bonds. The fourth-order valence-electron chi connectivity index (χ4n) is 0.877. The number of amides is 1. The van der Waals surface area contributed by atoms with Gasteiger partial charge in [0.25, 0.3) is 0 Å². The summed E-state index contributed by atoms with van der Waals surface area (Å²) in [6.07, 6.45) is 1.94. The molecule has 0 aromatic rings. The smallest absolute Gasteiger partial charge is 0.331 e. The molecule has 0 unspecified atom stereocenters. The Labute approximate surface area is 105 Å². The minimum absolute atomic E-state index is 0.0524. The van der Waals surface area contributed by atoms with Crippen molar-refractivity contribution in [3.63, 3.8) is 0 Å². The molecule has 0 radical (unpaired) electrons. The number of hydrogen-bond donors (Lipinski definition) is 1. The standard InChI is InChI=1S/C11H17NO6/c1-16-8-6-12-9(13)5-7-18-11(15)4-3-10(14)17-2/h3-4H,5-8H2,1-2H3,(H,12,13)/b4-3+. The van der Waals surface area contributed by atoms with Crippen molar-refractivity contribution < 1.29 is 28.6 Å². The van der Waals surface area contributed by atoms with Gasteiger partial charge in [0.15, 0.2) is 0 Å². The second-order valence-electron chi connectivity index (χ2n) is 3.12. The summed E-state index contributed by atoms with van der Waals surface area (Å²) in [4.78, 5) is 32.9. The molecule has 0 saturated carbocycles. The highest BCUT2D eigenvalue weighted by Crippen LogP contribution is 1.88. The zero-order valence-electron chi connectivity index (χ0n) is 10.4. The van der Waals surface area contributed by atoms with Crippen LogP contribution in [0.3, 0.4) is 0 Å². The molecule has 0 heterocycles. The molecule has 0 saturated heterocycles. The zero-order chi connectivity index (χ0) is 13.8. The second kappa shape index (κ2) is 10.3. The van der Waals surface area contributed by atoms with E-state index in [2.05, 4.69) is 14.8 Å². The summed E-state index contributed by atoms with van der Waals surface area (Å²) in [5.74, 6) is -1.59. The van der Waals surface area contributed by atoms with Crippen molar-refractivity contribution in [2.24, 2.45) is 0 Å². The summed E-state index contributed by atoms with van der Waals surface area (Å²) in [6.45, 7) is 0.780. The van der Waals surface area contributed by atoms with Gasteiger partial charge in [0, 0.05) is 25.8 Å². The van der Waals surface area contributed by atoms with Crippen LogP contribution in [0, 0.1) is 0 Å². The van der Waals surface area contributed by atoms with Crippen LogP contribution in [-0.2, 0) is 28.6 Å². The van der Waals surface area contributed by atoms with Crippen molar-refractivity contribution in [3.8, 4) is 0 Å². The van der Waals surface area contributed by atoms with Gasteiger partial charge in [0.1, 0.15) is 6.61 Å². The maximum Gasteiger partial charge on any atom is 0.331 e. The number of rotatable bonds is 8. The molecule has 0 rings (SSSR count). The Hall–Kier alpha value is -1.89. The number of methoxy groups -OCH3 is 2. The number of ether oxygens (including phenoxy) is 3. The van der Waals surface area contributed by atoms with E-state index in [9.17, 15) is 14.4 Å². The maximum absolute atomic E-state index is 11.2. The van der Waals surface area contributed by atoms with Crippen LogP contribution in [0.2, 0.25) is 0 Å². The van der Waals surface area contributed by atoms with E-state index in [1.54, 1.807) is 0 Å². The van der Waals surface area contributed by atoms with Gasteiger partial charge in [0.05, 0.1) is 20.1 Å². The van der Waals surface area contributed by atoms with Crippen molar-refractivity contribution in [1.82, 2.24) is 5.32 Å². The van der Waals surface area contributed by atoms with Crippen LogP contribution >= 0.6 is 0 Å². The first-order valence-corrected chi connectivity index (χ1v) is 5.28. The van der Waals surface area contributed by atoms with Crippen LogP contribution in [0.1, 0.15) is 6.42 Å². The molecule has 0 aliphatic carbocycles. The van der Waals surface area contributed by atoms with E-state index in [1.165, 1.54) is 14.2 Å². The molecule has 0 fully saturated rings. The Morgan fingerprint density at radius 1 is 1.06 bits per heavy atom. The molecule has 0 bridgehead atoms. The molecular formula is C11H17NO6. The number of nitrogens with one attached hydrogen (secondary N) is 1. The second-order valence-corrected chi connectivity index (χ2v) is 3.12. The topological polar surface area (TPSA) is 90.9 Å². The normalized spacial score (nSPS) is 10.1. The van der Waals surface area contributed by atoms with E-state index in [4.69, 9.17) is 4.74 Å². The molecule has 0 aliphatic rings. The lowest BCUT2D eigenvalue weighted by molar-refractivity contribution is -0.140. The summed E-state index contributed by atoms with van der Waals surface area (Å²) in [6, 6.07) is 0. The predicted octanol–water partition coefficient (Wildman–Crippen LogP) is -0.588. The molecule has 1 N–H and O–H groups in total. The van der Waals surface area contributed by atoms with Crippen LogP contribution in [0.4, 0.5) is 0 Å². The lowest BCUT2D eigenvalue weighted by atomic mass is 10.4. The summed E-state index contributed by atoms with van der Waals surface area (Å²) in [7, 11) is 2.73. The molecule has 18 heavy (non-hydrogen) atoms. The lowest BCUT2D eigenvalue weighted by Gasteiger charge is -2.04. The van der Waals surface area contributed by atoms with E-state index in [0.29, 0.717) is 13.2 Å². The van der Waals surface area contributed by atoms with Crippen LogP contribution in [0.25, 0.3) is 0 Å². The average Bonchev–Trinajstić information content (AvgIpc) is 2.36. The summed E-state index contributed by atoms with van der Waals surface area (Å²) in [5.41, 5.74) is 0. The predicted molar refractivity (Wildman–Crippen MR) is 61.6 cm³/mol. The van der Waals surface area contributed by atoms with E-state index in [0.717, 1.165) is 12.2 Å². The van der Waals surface area contributed by atoms with Gasteiger partial charge in [-0.2, -0.15) is 0 Å². The molecule has 7 heteroatoms. The molecule has 0 spiro atoms. The van der Waals surface area contributed by atoms with Gasteiger partial charge >= 0.3 is 11.9 Å². The number of hydrogen-bond acceptors (Lipinski definition) is 6. The van der Waals surface area contributed by atoms with E-state index in [-0.39, 0.29) is 18.9 Å². The van der Waals surface area contributed by atoms with Gasteiger partial charge in [-0.25, -0.2) is 9.59 Å². The SMILES string of the molecule is COCCNC(=O)CCOC(=O)/C=C/C(=O)OC. The molecule has 0 atom stereocenters. The lowest BCUT2D eigenvalue weighted by Crippen LogP contribution is -2.28. The van der Waals surface area contributed by atoms with Gasteiger partial charge in [-0.1, -0.05) is 0 Å². The van der Waals surface area contributed by atoms with Gasteiger partial charge in [0.2, 0.25) is 5.91 Å². The van der Waals surface area contributed by atoms with Crippen molar-refractivity contribution in [3.05, 3.63) is 12.2 Å². The molecule has 0 aromatic carbocycles. The maximum atomic E-state index is 11.2. The highest BCUT2D eigenvalue weighted by atomic mass is 16.5. The van der Waals surface area contributed by atoms with Crippen molar-refractivity contribution in [2.75, 3.05) is 34.0 Å². The van der Waals surface area contributed by atoms with Gasteiger partial charge in [-0.05, 0) is 0 Å². The summed E-state index contributed by atoms with van der Waals surface area (Å²) < 4.78 is 13.7. The molecule has 102 valence electrons. The van der Waals surface area contributed by atoms with E-state index >= 15 is 0 Å². The number of esters is 2. The largest absolute Gasteiger partial charge is 0.466 e. The van der Waals surface area contributed by atoms with E-state index in [1.807, 2.05) is 0 Å². The van der Waals surface area contributed by atoms with Crippen molar-refractivity contribution >= 4 is 17.8 Å². The third-order valence-corrected chi connectivity index (χ3v) is 1.76. The quantitative estimate of drug-likeness (QED) is 0.356. The monoisotopic (exact) mass is 259 g/mol. The zero-order valence-corrected chi connectivity index (χ0v) is 10.4. The Bertz CT molecular complexity index is 313. The van der Waals surface area contributed by atoms with Gasteiger partial charge < -0.3 is 19.5 Å². The first kappa shape index (κ1) is 16.1. The highest BCUT2D eigenvalue weighted by Gasteiger charge is 2.03. The molecule has 0 aliphatic heterocycles. The number of carbonyl (C=O) groups excluding carboxylic acids is 3. The summed E-state index contributed by atoms with van der Waals surface area (Å²) in [5, 5.41) is 2.57. The first-order chi connectivity index (χ1) is 8.60. The summed E-state index contributed by atoms with van der Waals surface area (Å²) >= 11 is 0. The minimum Gasteiger partial charge on any atom is -0.466 e. The van der Waals surface area contributed by atoms with Gasteiger partial charge in [-0.15, -0.1) is 0 Å². The third-order valence-electron chi connectivity index (χ3n) is 1.76. The van der Waals surface area contributed by atoms with Crippen LogP contribution in [0.5, 0.6) is 0 Å². The Balaban J connectivity index is 3.64. The Morgan fingerprint density at radius 3 is 2.33 bits per heavy atom. The highest BCUT2D eigenvalue weighted by molar-refractivity contribution is 5.91. The molecule has 0 aromatic heterocycles. The van der Waals surface area contributed by atoms with Crippen molar-refractivity contribution in [1.29, 1.82) is 0 Å². The Kier molecular flexibility index (Phi) is 9.20. The average molecular weight is 259 g/mol. The third kappa shape index (κ3) is 9.34. The molecular weight excluding hydrogens is 242 g/mol. The van der Waals surface area contributed by atoms with Crippen molar-refractivity contribution in [2.45, 2.75) is 6.42 Å². The first-order valence-electron chi connectivity index (χ1n) is 5.28.